The fourth-order valence-corrected chi connectivity index (χ4v) is 4.36. The summed E-state index contributed by atoms with van der Waals surface area (Å²) < 4.78 is 15.6. The summed E-state index contributed by atoms with van der Waals surface area (Å²) in [5.41, 5.74) is 2.12. The highest BCUT2D eigenvalue weighted by atomic mass is 19.1. The van der Waals surface area contributed by atoms with Gasteiger partial charge in [-0.2, -0.15) is 0 Å². The van der Waals surface area contributed by atoms with Crippen LogP contribution in [0.4, 0.5) is 4.39 Å². The zero-order valence-corrected chi connectivity index (χ0v) is 16.6. The molecule has 0 bridgehead atoms. The van der Waals surface area contributed by atoms with E-state index in [1.165, 1.54) is 17.6 Å². The SMILES string of the molecule is CC(C)n1c(CN2CCC[C@](O)(c3ccc(F)cc3)CC2)nc2ccccc21. The minimum Gasteiger partial charge on any atom is -0.385 e. The van der Waals surface area contributed by atoms with Gasteiger partial charge in [0.25, 0.3) is 0 Å². The van der Waals surface area contributed by atoms with Gasteiger partial charge in [-0.1, -0.05) is 24.3 Å². The molecule has 0 aliphatic carbocycles. The molecule has 2 aromatic carbocycles. The molecule has 4 rings (SSSR count). The predicted octanol–water partition coefficient (Wildman–Crippen LogP) is 4.63. The first-order valence-corrected chi connectivity index (χ1v) is 10.1. The van der Waals surface area contributed by atoms with Gasteiger partial charge in [0.2, 0.25) is 0 Å². The number of para-hydroxylation sites is 2. The third-order valence-corrected chi connectivity index (χ3v) is 5.84. The first-order chi connectivity index (χ1) is 13.5. The fourth-order valence-electron chi connectivity index (χ4n) is 4.36. The number of likely N-dealkylation sites (tertiary alicyclic amines) is 1. The van der Waals surface area contributed by atoms with Gasteiger partial charge in [-0.05, 0) is 69.5 Å². The highest BCUT2D eigenvalue weighted by Gasteiger charge is 2.32. The molecule has 0 radical (unpaired) electrons. The van der Waals surface area contributed by atoms with Crippen molar-refractivity contribution in [3.8, 4) is 0 Å². The maximum atomic E-state index is 13.3. The van der Waals surface area contributed by atoms with Crippen molar-refractivity contribution in [1.29, 1.82) is 0 Å². The van der Waals surface area contributed by atoms with Crippen LogP contribution in [0.3, 0.4) is 0 Å². The first-order valence-electron chi connectivity index (χ1n) is 10.1. The summed E-state index contributed by atoms with van der Waals surface area (Å²) in [6, 6.07) is 14.9. The predicted molar refractivity (Wildman–Crippen MR) is 110 cm³/mol. The number of hydrogen-bond acceptors (Lipinski definition) is 3. The Morgan fingerprint density at radius 3 is 2.57 bits per heavy atom. The van der Waals surface area contributed by atoms with Crippen molar-refractivity contribution in [2.75, 3.05) is 13.1 Å². The Balaban J connectivity index is 1.53. The molecule has 28 heavy (non-hydrogen) atoms. The van der Waals surface area contributed by atoms with Gasteiger partial charge in [0.1, 0.15) is 11.6 Å². The zero-order valence-electron chi connectivity index (χ0n) is 16.6. The van der Waals surface area contributed by atoms with Crippen LogP contribution in [-0.2, 0) is 12.1 Å². The highest BCUT2D eigenvalue weighted by Crippen LogP contribution is 2.33. The lowest BCUT2D eigenvalue weighted by atomic mass is 9.87. The van der Waals surface area contributed by atoms with Crippen molar-refractivity contribution < 1.29 is 9.50 Å². The van der Waals surface area contributed by atoms with Crippen LogP contribution in [0, 0.1) is 5.82 Å². The molecule has 1 N–H and O–H groups in total. The Kier molecular flexibility index (Phi) is 5.21. The summed E-state index contributed by atoms with van der Waals surface area (Å²) in [7, 11) is 0. The molecule has 0 saturated carbocycles. The van der Waals surface area contributed by atoms with Crippen molar-refractivity contribution in [2.24, 2.45) is 0 Å². The average molecular weight is 381 g/mol. The number of benzene rings is 2. The summed E-state index contributed by atoms with van der Waals surface area (Å²) in [6.45, 7) is 6.85. The van der Waals surface area contributed by atoms with E-state index in [0.29, 0.717) is 18.9 Å². The van der Waals surface area contributed by atoms with Gasteiger partial charge in [0.15, 0.2) is 0 Å². The van der Waals surface area contributed by atoms with Crippen molar-refractivity contribution in [3.05, 3.63) is 65.7 Å². The number of hydrogen-bond donors (Lipinski definition) is 1. The standard InChI is InChI=1S/C23H28FN3O/c1-17(2)27-21-7-4-3-6-20(21)25-22(27)16-26-14-5-12-23(28,13-15-26)18-8-10-19(24)11-9-18/h3-4,6-11,17,28H,5,12-16H2,1-2H3/t23-/m1/s1. The molecule has 148 valence electrons. The van der Waals surface area contributed by atoms with Gasteiger partial charge in [0.05, 0.1) is 23.2 Å². The van der Waals surface area contributed by atoms with Crippen molar-refractivity contribution in [3.63, 3.8) is 0 Å². The Labute approximate surface area is 165 Å². The molecule has 0 spiro atoms. The van der Waals surface area contributed by atoms with E-state index in [0.717, 1.165) is 43.0 Å². The summed E-state index contributed by atoms with van der Waals surface area (Å²) >= 11 is 0. The van der Waals surface area contributed by atoms with E-state index < -0.39 is 5.60 Å². The van der Waals surface area contributed by atoms with E-state index in [2.05, 4.69) is 41.5 Å². The molecule has 2 heterocycles. The van der Waals surface area contributed by atoms with E-state index in [-0.39, 0.29) is 5.82 Å². The molecular formula is C23H28FN3O. The monoisotopic (exact) mass is 381 g/mol. The van der Waals surface area contributed by atoms with Crippen LogP contribution in [0.25, 0.3) is 11.0 Å². The fraction of sp³-hybridized carbons (Fsp3) is 0.435. The number of fused-ring (bicyclic) bond motifs is 1. The molecule has 1 aromatic heterocycles. The zero-order chi connectivity index (χ0) is 19.7. The second-order valence-electron chi connectivity index (χ2n) is 8.15. The molecule has 1 aliphatic heterocycles. The summed E-state index contributed by atoms with van der Waals surface area (Å²) in [6.07, 6.45) is 2.23. The average Bonchev–Trinajstić information content (AvgIpc) is 2.93. The third kappa shape index (κ3) is 3.69. The van der Waals surface area contributed by atoms with E-state index in [1.807, 2.05) is 6.07 Å². The lowest BCUT2D eigenvalue weighted by Gasteiger charge is -2.27. The van der Waals surface area contributed by atoms with E-state index in [1.54, 1.807) is 12.1 Å². The normalized spacial score (nSPS) is 21.3. The number of nitrogens with zero attached hydrogens (tertiary/aromatic N) is 3. The quantitative estimate of drug-likeness (QED) is 0.716. The molecule has 5 heteroatoms. The van der Waals surface area contributed by atoms with Crippen molar-refractivity contribution >= 4 is 11.0 Å². The minimum atomic E-state index is -0.888. The molecule has 4 nitrogen and oxygen atoms in total. The molecule has 0 amide bonds. The maximum absolute atomic E-state index is 13.3. The van der Waals surface area contributed by atoms with Crippen LogP contribution in [0.2, 0.25) is 0 Å². The van der Waals surface area contributed by atoms with E-state index >= 15 is 0 Å². The topological polar surface area (TPSA) is 41.3 Å². The Hall–Kier alpha value is -2.24. The second kappa shape index (κ2) is 7.64. The van der Waals surface area contributed by atoms with Crippen LogP contribution in [0.5, 0.6) is 0 Å². The largest absolute Gasteiger partial charge is 0.385 e. The third-order valence-electron chi connectivity index (χ3n) is 5.84. The summed E-state index contributed by atoms with van der Waals surface area (Å²) in [5.74, 6) is 0.804. The van der Waals surface area contributed by atoms with Crippen LogP contribution in [0.1, 0.15) is 50.5 Å². The Bertz CT molecular complexity index is 950. The van der Waals surface area contributed by atoms with Gasteiger partial charge < -0.3 is 9.67 Å². The number of halogens is 1. The van der Waals surface area contributed by atoms with Crippen LogP contribution >= 0.6 is 0 Å². The smallest absolute Gasteiger partial charge is 0.124 e. The van der Waals surface area contributed by atoms with Gasteiger partial charge in [-0.15, -0.1) is 0 Å². The second-order valence-corrected chi connectivity index (χ2v) is 8.15. The van der Waals surface area contributed by atoms with E-state index in [9.17, 15) is 9.50 Å². The lowest BCUT2D eigenvalue weighted by molar-refractivity contribution is 0.0208. The molecule has 3 aromatic rings. The number of imidazole rings is 1. The van der Waals surface area contributed by atoms with Crippen molar-refractivity contribution in [1.82, 2.24) is 14.5 Å². The molecule has 0 unspecified atom stereocenters. The van der Waals surface area contributed by atoms with Gasteiger partial charge in [-0.3, -0.25) is 4.90 Å². The molecular weight excluding hydrogens is 353 g/mol. The van der Waals surface area contributed by atoms with Gasteiger partial charge in [0, 0.05) is 12.6 Å². The molecule has 1 fully saturated rings. The van der Waals surface area contributed by atoms with Gasteiger partial charge >= 0.3 is 0 Å². The minimum absolute atomic E-state index is 0.268. The highest BCUT2D eigenvalue weighted by molar-refractivity contribution is 5.76. The van der Waals surface area contributed by atoms with E-state index in [4.69, 9.17) is 4.98 Å². The molecule has 1 aliphatic rings. The van der Waals surface area contributed by atoms with Crippen LogP contribution < -0.4 is 0 Å². The summed E-state index contributed by atoms with van der Waals surface area (Å²) in [5, 5.41) is 11.2. The van der Waals surface area contributed by atoms with Crippen LogP contribution in [0.15, 0.2) is 48.5 Å². The maximum Gasteiger partial charge on any atom is 0.124 e. The Morgan fingerprint density at radius 1 is 1.07 bits per heavy atom. The number of aromatic nitrogens is 2. The van der Waals surface area contributed by atoms with Crippen molar-refractivity contribution in [2.45, 2.75) is 51.3 Å². The number of aliphatic hydroxyl groups is 1. The first kappa shape index (κ1) is 19.1. The Morgan fingerprint density at radius 2 is 1.82 bits per heavy atom. The number of rotatable bonds is 4. The molecule has 1 saturated heterocycles. The molecule has 1 atom stereocenters. The lowest BCUT2D eigenvalue weighted by Crippen LogP contribution is -2.30. The van der Waals surface area contributed by atoms with Gasteiger partial charge in [-0.25, -0.2) is 9.37 Å². The van der Waals surface area contributed by atoms with Crippen LogP contribution in [-0.4, -0.2) is 32.6 Å². The summed E-state index contributed by atoms with van der Waals surface area (Å²) in [4.78, 5) is 7.26.